The zero-order valence-electron chi connectivity index (χ0n) is 13.9. The van der Waals surface area contributed by atoms with Crippen LogP contribution in [0.2, 0.25) is 0 Å². The van der Waals surface area contributed by atoms with Gasteiger partial charge in [0.15, 0.2) is 0 Å². The maximum atomic E-state index is 4.61. The summed E-state index contributed by atoms with van der Waals surface area (Å²) in [6, 6.07) is 11.1. The first-order valence-electron chi connectivity index (χ1n) is 7.70. The summed E-state index contributed by atoms with van der Waals surface area (Å²) in [7, 11) is 4.26. The van der Waals surface area contributed by atoms with E-state index < -0.39 is 0 Å². The lowest BCUT2D eigenvalue weighted by molar-refractivity contribution is 0.288. The molecule has 0 spiro atoms. The van der Waals surface area contributed by atoms with Crippen LogP contribution in [0.5, 0.6) is 0 Å². The normalized spacial score (nSPS) is 13.3. The molecule has 1 aromatic heterocycles. The van der Waals surface area contributed by atoms with Crippen molar-refractivity contribution in [2.75, 3.05) is 20.6 Å². The minimum atomic E-state index is 0.493. The number of rotatable bonds is 6. The highest BCUT2D eigenvalue weighted by Gasteiger charge is 2.14. The first kappa shape index (κ1) is 15.9. The molecule has 1 unspecified atom stereocenters. The summed E-state index contributed by atoms with van der Waals surface area (Å²) in [5, 5.41) is 4.97. The van der Waals surface area contributed by atoms with Crippen molar-refractivity contribution < 1.29 is 0 Å². The van der Waals surface area contributed by atoms with E-state index in [9.17, 15) is 0 Å². The van der Waals surface area contributed by atoms with Crippen molar-refractivity contribution in [1.29, 1.82) is 0 Å². The summed E-state index contributed by atoms with van der Waals surface area (Å²) in [5.41, 5.74) is 3.50. The van der Waals surface area contributed by atoms with Crippen LogP contribution in [-0.2, 0) is 6.54 Å². The third-order valence-electron chi connectivity index (χ3n) is 3.85. The Bertz CT molecular complexity index is 590. The number of likely N-dealkylation sites (N-methyl/N-ethyl adjacent to an activating group) is 1. The highest BCUT2D eigenvalue weighted by atomic mass is 15.1. The summed E-state index contributed by atoms with van der Waals surface area (Å²) < 4.78 is 0. The number of pyridine rings is 1. The Morgan fingerprint density at radius 2 is 1.90 bits per heavy atom. The second kappa shape index (κ2) is 7.01. The molecule has 0 aliphatic rings. The van der Waals surface area contributed by atoms with Crippen molar-refractivity contribution in [3.05, 3.63) is 41.6 Å². The topological polar surface area (TPSA) is 28.2 Å². The van der Waals surface area contributed by atoms with E-state index in [0.717, 1.165) is 24.3 Å². The number of nitrogens with zero attached hydrogens (tertiary/aromatic N) is 2. The molecule has 0 amide bonds. The van der Waals surface area contributed by atoms with Gasteiger partial charge >= 0.3 is 0 Å². The van der Waals surface area contributed by atoms with Gasteiger partial charge in [-0.05, 0) is 44.6 Å². The van der Waals surface area contributed by atoms with Gasteiger partial charge in [-0.2, -0.15) is 0 Å². The summed E-state index contributed by atoms with van der Waals surface area (Å²) in [4.78, 5) is 6.85. The average molecular weight is 285 g/mol. The predicted octanol–water partition coefficient (Wildman–Crippen LogP) is 3.22. The lowest BCUT2D eigenvalue weighted by Crippen LogP contribution is -2.41. The van der Waals surface area contributed by atoms with Crippen molar-refractivity contribution in [2.45, 2.75) is 33.4 Å². The van der Waals surface area contributed by atoms with E-state index in [1.807, 2.05) is 0 Å². The minimum absolute atomic E-state index is 0.493. The largest absolute Gasteiger partial charge is 0.308 e. The van der Waals surface area contributed by atoms with Gasteiger partial charge < -0.3 is 10.2 Å². The fourth-order valence-electron chi connectivity index (χ4n) is 2.69. The Morgan fingerprint density at radius 3 is 2.57 bits per heavy atom. The van der Waals surface area contributed by atoms with Crippen LogP contribution in [-0.4, -0.2) is 36.6 Å². The number of benzene rings is 1. The maximum Gasteiger partial charge on any atom is 0.0708 e. The Hall–Kier alpha value is -1.45. The molecule has 3 nitrogen and oxygen atoms in total. The van der Waals surface area contributed by atoms with Crippen molar-refractivity contribution in [3.8, 4) is 0 Å². The molecule has 1 heterocycles. The zero-order valence-corrected chi connectivity index (χ0v) is 13.9. The SMILES string of the molecule is Cc1cc(CNC(CN(C)C)C(C)C)c2ccccc2n1. The molecule has 1 aromatic carbocycles. The Labute approximate surface area is 128 Å². The summed E-state index contributed by atoms with van der Waals surface area (Å²) >= 11 is 0. The van der Waals surface area contributed by atoms with Crippen molar-refractivity contribution in [1.82, 2.24) is 15.2 Å². The molecule has 0 bridgehead atoms. The van der Waals surface area contributed by atoms with E-state index in [0.29, 0.717) is 12.0 Å². The van der Waals surface area contributed by atoms with Gasteiger partial charge in [0.05, 0.1) is 5.52 Å². The molecule has 2 rings (SSSR count). The quantitative estimate of drug-likeness (QED) is 0.883. The van der Waals surface area contributed by atoms with Gasteiger partial charge in [0, 0.05) is 30.2 Å². The molecule has 1 N–H and O–H groups in total. The highest BCUT2D eigenvalue weighted by Crippen LogP contribution is 2.18. The van der Waals surface area contributed by atoms with Crippen molar-refractivity contribution in [3.63, 3.8) is 0 Å². The number of hydrogen-bond acceptors (Lipinski definition) is 3. The number of aromatic nitrogens is 1. The molecule has 0 saturated heterocycles. The summed E-state index contributed by atoms with van der Waals surface area (Å²) in [6.07, 6.45) is 0. The highest BCUT2D eigenvalue weighted by molar-refractivity contribution is 5.82. The first-order chi connectivity index (χ1) is 9.97. The number of para-hydroxylation sites is 1. The third kappa shape index (κ3) is 4.26. The molecule has 114 valence electrons. The van der Waals surface area contributed by atoms with E-state index >= 15 is 0 Å². The molecule has 21 heavy (non-hydrogen) atoms. The average Bonchev–Trinajstić information content (AvgIpc) is 2.42. The second-order valence-corrected chi connectivity index (χ2v) is 6.43. The number of fused-ring (bicyclic) bond motifs is 1. The van der Waals surface area contributed by atoms with Gasteiger partial charge in [-0.1, -0.05) is 32.0 Å². The van der Waals surface area contributed by atoms with Crippen LogP contribution in [0, 0.1) is 12.8 Å². The second-order valence-electron chi connectivity index (χ2n) is 6.43. The van der Waals surface area contributed by atoms with Gasteiger partial charge in [0.2, 0.25) is 0 Å². The smallest absolute Gasteiger partial charge is 0.0708 e. The lowest BCUT2D eigenvalue weighted by Gasteiger charge is -2.26. The molecule has 2 aromatic rings. The molecule has 0 radical (unpaired) electrons. The third-order valence-corrected chi connectivity index (χ3v) is 3.85. The molecule has 0 aliphatic heterocycles. The fraction of sp³-hybridized carbons (Fsp3) is 0.500. The van der Waals surface area contributed by atoms with E-state index in [-0.39, 0.29) is 0 Å². The molecular formula is C18H27N3. The fourth-order valence-corrected chi connectivity index (χ4v) is 2.69. The molecule has 0 saturated carbocycles. The lowest BCUT2D eigenvalue weighted by atomic mass is 10.0. The first-order valence-corrected chi connectivity index (χ1v) is 7.70. The van der Waals surface area contributed by atoms with Crippen molar-refractivity contribution in [2.24, 2.45) is 5.92 Å². The number of hydrogen-bond donors (Lipinski definition) is 1. The van der Waals surface area contributed by atoms with Gasteiger partial charge in [-0.15, -0.1) is 0 Å². The van der Waals surface area contributed by atoms with Crippen LogP contribution in [0.25, 0.3) is 10.9 Å². The van der Waals surface area contributed by atoms with E-state index in [4.69, 9.17) is 0 Å². The van der Waals surface area contributed by atoms with Crippen LogP contribution in [0.4, 0.5) is 0 Å². The van der Waals surface area contributed by atoms with Gasteiger partial charge in [0.1, 0.15) is 0 Å². The van der Waals surface area contributed by atoms with Gasteiger partial charge in [-0.3, -0.25) is 4.98 Å². The van der Waals surface area contributed by atoms with Crippen LogP contribution >= 0.6 is 0 Å². The standard InChI is InChI=1S/C18H27N3/c1-13(2)18(12-21(4)5)19-11-15-10-14(3)20-17-9-7-6-8-16(15)17/h6-10,13,18-19H,11-12H2,1-5H3. The molecule has 1 atom stereocenters. The Morgan fingerprint density at radius 1 is 1.19 bits per heavy atom. The summed E-state index contributed by atoms with van der Waals surface area (Å²) in [6.45, 7) is 8.56. The van der Waals surface area contributed by atoms with Gasteiger partial charge in [0.25, 0.3) is 0 Å². The molecular weight excluding hydrogens is 258 g/mol. The zero-order chi connectivity index (χ0) is 15.4. The Kier molecular flexibility index (Phi) is 5.32. The van der Waals surface area contributed by atoms with E-state index in [1.54, 1.807) is 0 Å². The van der Waals surface area contributed by atoms with Crippen molar-refractivity contribution >= 4 is 10.9 Å². The molecule has 0 aliphatic carbocycles. The van der Waals surface area contributed by atoms with Crippen LogP contribution in [0.1, 0.15) is 25.1 Å². The van der Waals surface area contributed by atoms with E-state index in [1.165, 1.54) is 10.9 Å². The number of aryl methyl sites for hydroxylation is 1. The Balaban J connectivity index is 2.19. The van der Waals surface area contributed by atoms with Crippen LogP contribution in [0.3, 0.4) is 0 Å². The van der Waals surface area contributed by atoms with E-state index in [2.05, 4.69) is 80.4 Å². The minimum Gasteiger partial charge on any atom is -0.308 e. The van der Waals surface area contributed by atoms with Gasteiger partial charge in [-0.25, -0.2) is 0 Å². The summed E-state index contributed by atoms with van der Waals surface area (Å²) in [5.74, 6) is 0.613. The predicted molar refractivity (Wildman–Crippen MR) is 90.5 cm³/mol. The molecule has 0 fully saturated rings. The monoisotopic (exact) mass is 285 g/mol. The maximum absolute atomic E-state index is 4.61. The van der Waals surface area contributed by atoms with Crippen LogP contribution < -0.4 is 5.32 Å². The number of nitrogens with one attached hydrogen (secondary N) is 1. The van der Waals surface area contributed by atoms with Crippen LogP contribution in [0.15, 0.2) is 30.3 Å². The molecule has 3 heteroatoms.